The molecule has 1 aromatic carbocycles. The molecule has 2 bridgehead atoms. The molecule has 1 unspecified atom stereocenters. The molecule has 7 rings (SSSR count). The lowest BCUT2D eigenvalue weighted by Crippen LogP contribution is -2.67. The van der Waals surface area contributed by atoms with Crippen LogP contribution in [0.2, 0.25) is 0 Å². The van der Waals surface area contributed by atoms with Crippen molar-refractivity contribution in [2.45, 2.75) is 90.8 Å². The zero-order valence-corrected chi connectivity index (χ0v) is 25.8. The van der Waals surface area contributed by atoms with Crippen LogP contribution in [0.15, 0.2) is 42.0 Å². The Kier molecular flexibility index (Phi) is 7.24. The topological polar surface area (TPSA) is 87.1 Å². The van der Waals surface area contributed by atoms with E-state index >= 15 is 0 Å². The lowest BCUT2D eigenvalue weighted by molar-refractivity contribution is -0.175. The summed E-state index contributed by atoms with van der Waals surface area (Å²) in [6, 6.07) is 3.33. The number of ketones is 1. The molecular formula is C35H45F2NO5. The van der Waals surface area contributed by atoms with Crippen molar-refractivity contribution >= 4 is 11.9 Å². The highest BCUT2D eigenvalue weighted by atomic mass is 19.2. The van der Waals surface area contributed by atoms with Gasteiger partial charge in [-0.05, 0) is 93.7 Å². The minimum absolute atomic E-state index is 0.0731. The molecule has 0 radical (unpaired) electrons. The third-order valence-corrected chi connectivity index (χ3v) is 12.6. The summed E-state index contributed by atoms with van der Waals surface area (Å²) >= 11 is 0. The number of carbonyl (C=O) groups excluding carboxylic acids is 2. The number of rotatable bonds is 7. The summed E-state index contributed by atoms with van der Waals surface area (Å²) in [5.41, 5.74) is -2.59. The Hall–Kier alpha value is -2.58. The fourth-order valence-corrected chi connectivity index (χ4v) is 10.4. The van der Waals surface area contributed by atoms with Crippen LogP contribution in [0.25, 0.3) is 0 Å². The van der Waals surface area contributed by atoms with Crippen molar-refractivity contribution in [2.24, 2.45) is 33.5 Å². The van der Waals surface area contributed by atoms with Crippen LogP contribution in [-0.2, 0) is 4.74 Å². The maximum Gasteiger partial charge on any atom is 0.409 e. The number of hydrogen-bond donors (Lipinski definition) is 2. The third kappa shape index (κ3) is 4.07. The van der Waals surface area contributed by atoms with Crippen LogP contribution in [0.3, 0.4) is 0 Å². The smallest absolute Gasteiger partial charge is 0.409 e. The molecule has 43 heavy (non-hydrogen) atoms. The first-order valence-electron chi connectivity index (χ1n) is 16.1. The molecule has 3 saturated carbocycles. The van der Waals surface area contributed by atoms with E-state index < -0.39 is 45.7 Å². The van der Waals surface area contributed by atoms with Crippen LogP contribution in [-0.4, -0.2) is 58.4 Å². The summed E-state index contributed by atoms with van der Waals surface area (Å²) in [5.74, 6) is -2.44. The predicted octanol–water partition coefficient (Wildman–Crippen LogP) is 6.61. The zero-order valence-electron chi connectivity index (χ0n) is 25.8. The number of fused-ring (bicyclic) bond motifs is 1. The molecule has 1 aromatic rings. The van der Waals surface area contributed by atoms with E-state index in [1.165, 1.54) is 6.07 Å². The third-order valence-electron chi connectivity index (χ3n) is 12.6. The van der Waals surface area contributed by atoms with E-state index in [0.717, 1.165) is 37.8 Å². The van der Waals surface area contributed by atoms with Gasteiger partial charge in [0.15, 0.2) is 17.4 Å². The largest absolute Gasteiger partial charge is 0.450 e. The van der Waals surface area contributed by atoms with Crippen LogP contribution in [0.5, 0.6) is 0 Å². The number of amides is 1. The van der Waals surface area contributed by atoms with E-state index in [1.807, 2.05) is 6.92 Å². The standard InChI is InChI=1S/C35H45F2NO5/c1-5-17-38(30(41)43-6-2)21-34(42)14-11-28-32(34,4)13-10-27-31(3)12-9-23(39)19-33(31)15-16-35(27,28)24(20-33)29(40)22-7-8-25(36)26(37)18-22/h7-8,15-16,18,20,23,27-28,39,42H,5-6,9-14,17,19,21H2,1-4H3/t23?,27-,28-,31-,32+,33+,34-,35-/m1/s1. The van der Waals surface area contributed by atoms with E-state index in [-0.39, 0.29) is 41.7 Å². The molecule has 6 aliphatic carbocycles. The van der Waals surface area contributed by atoms with Gasteiger partial charge in [-0.3, -0.25) is 4.79 Å². The van der Waals surface area contributed by atoms with Crippen LogP contribution in [0, 0.1) is 45.1 Å². The van der Waals surface area contributed by atoms with Gasteiger partial charge in [0, 0.05) is 33.9 Å². The average molecular weight is 598 g/mol. The molecule has 3 fully saturated rings. The van der Waals surface area contributed by atoms with Gasteiger partial charge in [0.05, 0.1) is 24.9 Å². The summed E-state index contributed by atoms with van der Waals surface area (Å²) in [7, 11) is 0. The zero-order chi connectivity index (χ0) is 31.0. The Morgan fingerprint density at radius 1 is 1.00 bits per heavy atom. The Balaban J connectivity index is 1.47. The number of halogens is 2. The fourth-order valence-electron chi connectivity index (χ4n) is 10.4. The van der Waals surface area contributed by atoms with Crippen molar-refractivity contribution < 1.29 is 33.3 Å². The van der Waals surface area contributed by atoms with Crippen molar-refractivity contribution in [3.8, 4) is 0 Å². The molecule has 6 nitrogen and oxygen atoms in total. The monoisotopic (exact) mass is 597 g/mol. The van der Waals surface area contributed by atoms with Crippen LogP contribution >= 0.6 is 0 Å². The number of carbonyl (C=O) groups is 2. The summed E-state index contributed by atoms with van der Waals surface area (Å²) < 4.78 is 33.7. The second kappa shape index (κ2) is 10.2. The van der Waals surface area contributed by atoms with Crippen molar-refractivity contribution in [1.82, 2.24) is 4.90 Å². The van der Waals surface area contributed by atoms with Gasteiger partial charge in [0.2, 0.25) is 0 Å². The highest BCUT2D eigenvalue weighted by molar-refractivity contribution is 6.10. The number of aliphatic hydroxyl groups excluding tert-OH is 1. The van der Waals surface area contributed by atoms with E-state index in [1.54, 1.807) is 11.8 Å². The van der Waals surface area contributed by atoms with Gasteiger partial charge in [-0.1, -0.05) is 39.0 Å². The predicted molar refractivity (Wildman–Crippen MR) is 158 cm³/mol. The second-order valence-electron chi connectivity index (χ2n) is 14.4. The second-order valence-corrected chi connectivity index (χ2v) is 14.4. The van der Waals surface area contributed by atoms with Crippen molar-refractivity contribution in [3.05, 3.63) is 59.2 Å². The SMILES string of the molecule is CCCN(C[C@]1(O)CC[C@H]2[C@]34C=C[C@@]5(C=C3C(=O)c3ccc(F)c(F)c3)CC(O)CC[C@]5(C)[C@H]4CC[C@@]21C)C(=O)OCC. The molecule has 0 aliphatic heterocycles. The van der Waals surface area contributed by atoms with E-state index in [2.05, 4.69) is 32.1 Å². The Morgan fingerprint density at radius 3 is 2.40 bits per heavy atom. The molecule has 2 spiro atoms. The summed E-state index contributed by atoms with van der Waals surface area (Å²) in [6.07, 6.45) is 10.9. The van der Waals surface area contributed by atoms with Gasteiger partial charge in [-0.25, -0.2) is 13.6 Å². The Bertz CT molecular complexity index is 1390. The van der Waals surface area contributed by atoms with E-state index in [9.17, 15) is 28.6 Å². The normalized spacial score (nSPS) is 40.7. The molecule has 0 aromatic heterocycles. The van der Waals surface area contributed by atoms with Gasteiger partial charge in [0.25, 0.3) is 0 Å². The molecule has 1 amide bonds. The molecule has 0 heterocycles. The van der Waals surface area contributed by atoms with Gasteiger partial charge in [-0.2, -0.15) is 0 Å². The van der Waals surface area contributed by atoms with Crippen LogP contribution < -0.4 is 0 Å². The lowest BCUT2D eigenvalue weighted by Gasteiger charge is -2.71. The number of allylic oxidation sites excluding steroid dienone is 4. The maximum absolute atomic E-state index is 14.5. The van der Waals surface area contributed by atoms with Gasteiger partial charge < -0.3 is 19.8 Å². The number of aliphatic hydroxyl groups is 2. The van der Waals surface area contributed by atoms with Crippen molar-refractivity contribution in [2.75, 3.05) is 19.7 Å². The average Bonchev–Trinajstić information content (AvgIpc) is 3.24. The number of Topliss-reactive ketones (excluding diaryl/α,β-unsaturated/α-hetero) is 1. The van der Waals surface area contributed by atoms with Crippen molar-refractivity contribution in [1.29, 1.82) is 0 Å². The highest BCUT2D eigenvalue weighted by Crippen LogP contribution is 2.78. The minimum Gasteiger partial charge on any atom is -0.450 e. The fraction of sp³-hybridized carbons (Fsp3) is 0.657. The molecule has 8 heteroatoms. The molecule has 234 valence electrons. The quantitative estimate of drug-likeness (QED) is 0.273. The Morgan fingerprint density at radius 2 is 1.70 bits per heavy atom. The number of hydrogen-bond acceptors (Lipinski definition) is 5. The molecule has 8 atom stereocenters. The summed E-state index contributed by atoms with van der Waals surface area (Å²) in [5, 5.41) is 23.3. The van der Waals surface area contributed by atoms with Gasteiger partial charge in [0.1, 0.15) is 0 Å². The van der Waals surface area contributed by atoms with Crippen LogP contribution in [0.4, 0.5) is 13.6 Å². The van der Waals surface area contributed by atoms with Gasteiger partial charge >= 0.3 is 6.09 Å². The first kappa shape index (κ1) is 30.4. The van der Waals surface area contributed by atoms with Gasteiger partial charge in [-0.15, -0.1) is 0 Å². The van der Waals surface area contributed by atoms with Crippen molar-refractivity contribution in [3.63, 3.8) is 0 Å². The molecule has 6 aliphatic rings. The summed E-state index contributed by atoms with van der Waals surface area (Å²) in [6.45, 7) is 9.04. The summed E-state index contributed by atoms with van der Waals surface area (Å²) in [4.78, 5) is 29.0. The number of ether oxygens (including phenoxy) is 1. The Labute approximate surface area is 253 Å². The molecule has 2 N–H and O–H groups in total. The van der Waals surface area contributed by atoms with Crippen LogP contribution in [0.1, 0.15) is 89.4 Å². The van der Waals surface area contributed by atoms with E-state index in [4.69, 9.17) is 4.74 Å². The first-order valence-corrected chi connectivity index (χ1v) is 16.1. The molecule has 0 saturated heterocycles. The number of nitrogens with zero attached hydrogens (tertiary/aromatic N) is 1. The first-order chi connectivity index (χ1) is 20.3. The molecular weight excluding hydrogens is 552 g/mol. The van der Waals surface area contributed by atoms with E-state index in [0.29, 0.717) is 37.8 Å². The minimum atomic E-state index is -1.20. The number of benzene rings is 1. The maximum atomic E-state index is 14.5. The highest BCUT2D eigenvalue weighted by Gasteiger charge is 2.74. The lowest BCUT2D eigenvalue weighted by atomic mass is 9.32.